The second-order valence-electron chi connectivity index (χ2n) is 4.43. The van der Waals surface area contributed by atoms with Crippen molar-refractivity contribution in [2.24, 2.45) is 5.92 Å². The van der Waals surface area contributed by atoms with E-state index in [0.717, 1.165) is 17.7 Å². The van der Waals surface area contributed by atoms with Crippen molar-refractivity contribution in [1.82, 2.24) is 4.90 Å². The third-order valence-electron chi connectivity index (χ3n) is 3.16. The molecule has 0 aliphatic carbocycles. The Morgan fingerprint density at radius 3 is 2.65 bits per heavy atom. The van der Waals surface area contributed by atoms with E-state index in [4.69, 9.17) is 11.6 Å². The van der Waals surface area contributed by atoms with Gasteiger partial charge in [-0.1, -0.05) is 24.3 Å². The van der Waals surface area contributed by atoms with E-state index in [9.17, 15) is 9.90 Å². The zero-order valence-corrected chi connectivity index (χ0v) is 10.4. The number of aliphatic hydroxyl groups excluding tert-OH is 1. The molecule has 1 N–H and O–H groups in total. The zero-order valence-electron chi connectivity index (χ0n) is 9.60. The van der Waals surface area contributed by atoms with Gasteiger partial charge in [-0.15, -0.1) is 11.6 Å². The number of amides is 1. The van der Waals surface area contributed by atoms with Gasteiger partial charge in [0.05, 0.1) is 6.61 Å². The van der Waals surface area contributed by atoms with Crippen LogP contribution < -0.4 is 0 Å². The molecule has 0 bridgehead atoms. The highest BCUT2D eigenvalue weighted by Gasteiger charge is 2.28. The fourth-order valence-corrected chi connectivity index (χ4v) is 2.39. The molecule has 1 aliphatic heterocycles. The monoisotopic (exact) mass is 253 g/mol. The summed E-state index contributed by atoms with van der Waals surface area (Å²) >= 11 is 5.78. The van der Waals surface area contributed by atoms with Gasteiger partial charge in [0.1, 0.15) is 0 Å². The van der Waals surface area contributed by atoms with Crippen LogP contribution in [0.25, 0.3) is 0 Å². The van der Waals surface area contributed by atoms with E-state index in [1.165, 1.54) is 0 Å². The Morgan fingerprint density at radius 1 is 1.35 bits per heavy atom. The molecule has 1 aromatic rings. The lowest BCUT2D eigenvalue weighted by Gasteiger charge is -2.18. The first-order valence-electron chi connectivity index (χ1n) is 5.76. The third kappa shape index (κ3) is 2.79. The summed E-state index contributed by atoms with van der Waals surface area (Å²) in [4.78, 5) is 13.6. The lowest BCUT2D eigenvalue weighted by molar-refractivity contribution is -0.128. The van der Waals surface area contributed by atoms with Crippen LogP contribution in [0.4, 0.5) is 0 Å². The zero-order chi connectivity index (χ0) is 12.3. The highest BCUT2D eigenvalue weighted by Crippen LogP contribution is 2.22. The Balaban J connectivity index is 2.08. The van der Waals surface area contributed by atoms with Crippen LogP contribution in [0.1, 0.15) is 17.5 Å². The van der Waals surface area contributed by atoms with Gasteiger partial charge in [-0.05, 0) is 17.0 Å². The average molecular weight is 254 g/mol. The smallest absolute Gasteiger partial charge is 0.223 e. The van der Waals surface area contributed by atoms with E-state index < -0.39 is 0 Å². The second-order valence-corrected chi connectivity index (χ2v) is 4.73. The molecule has 3 nitrogen and oxygen atoms in total. The molecule has 1 atom stereocenters. The number of carbonyl (C=O) groups excluding carboxylic acids is 1. The number of likely N-dealkylation sites (tertiary alicyclic amines) is 1. The van der Waals surface area contributed by atoms with Gasteiger partial charge >= 0.3 is 0 Å². The van der Waals surface area contributed by atoms with Gasteiger partial charge in [-0.3, -0.25) is 4.79 Å². The van der Waals surface area contributed by atoms with Gasteiger partial charge in [-0.2, -0.15) is 0 Å². The number of alkyl halides is 1. The lowest BCUT2D eigenvalue weighted by atomic mass is 10.1. The molecule has 1 aliphatic rings. The molecule has 1 amide bonds. The van der Waals surface area contributed by atoms with Gasteiger partial charge in [0.25, 0.3) is 0 Å². The highest BCUT2D eigenvalue weighted by molar-refractivity contribution is 6.18. The minimum Gasteiger partial charge on any atom is -0.392 e. The van der Waals surface area contributed by atoms with Crippen molar-refractivity contribution in [3.8, 4) is 0 Å². The fourth-order valence-electron chi connectivity index (χ4n) is 2.18. The van der Waals surface area contributed by atoms with E-state index in [1.54, 1.807) is 0 Å². The number of rotatable bonds is 4. The molecule has 1 aromatic carbocycles. The van der Waals surface area contributed by atoms with Gasteiger partial charge < -0.3 is 10.0 Å². The number of hydrogen-bond acceptors (Lipinski definition) is 2. The van der Waals surface area contributed by atoms with Crippen molar-refractivity contribution in [3.63, 3.8) is 0 Å². The molecule has 0 radical (unpaired) electrons. The summed E-state index contributed by atoms with van der Waals surface area (Å²) in [6.07, 6.45) is 0.546. The quantitative estimate of drug-likeness (QED) is 0.831. The van der Waals surface area contributed by atoms with E-state index in [-0.39, 0.29) is 18.4 Å². The number of hydrogen-bond donors (Lipinski definition) is 1. The van der Waals surface area contributed by atoms with Crippen LogP contribution in [0.3, 0.4) is 0 Å². The summed E-state index contributed by atoms with van der Waals surface area (Å²) < 4.78 is 0. The Labute approximate surface area is 106 Å². The highest BCUT2D eigenvalue weighted by atomic mass is 35.5. The van der Waals surface area contributed by atoms with Crippen molar-refractivity contribution in [3.05, 3.63) is 35.4 Å². The molecule has 0 spiro atoms. The number of aliphatic hydroxyl groups is 1. The predicted molar refractivity (Wildman–Crippen MR) is 66.6 cm³/mol. The van der Waals surface area contributed by atoms with Crippen LogP contribution in [0.15, 0.2) is 24.3 Å². The summed E-state index contributed by atoms with van der Waals surface area (Å²) in [5, 5.41) is 9.23. The largest absolute Gasteiger partial charge is 0.392 e. The number of nitrogens with zero attached hydrogens (tertiary/aromatic N) is 1. The molecule has 17 heavy (non-hydrogen) atoms. The Kier molecular flexibility index (Phi) is 4.02. The average Bonchev–Trinajstić information content (AvgIpc) is 2.71. The van der Waals surface area contributed by atoms with Crippen molar-refractivity contribution in [2.45, 2.75) is 19.6 Å². The van der Waals surface area contributed by atoms with Crippen LogP contribution in [-0.2, 0) is 17.9 Å². The maximum absolute atomic E-state index is 11.8. The van der Waals surface area contributed by atoms with Crippen LogP contribution in [0.5, 0.6) is 0 Å². The minimum absolute atomic E-state index is 0.0111. The first kappa shape index (κ1) is 12.4. The SMILES string of the molecule is O=C1CC(CCl)CN1Cc1ccccc1CO. The maximum atomic E-state index is 11.8. The molecule has 1 fully saturated rings. The Hall–Kier alpha value is -1.06. The molecule has 1 unspecified atom stereocenters. The number of benzene rings is 1. The van der Waals surface area contributed by atoms with Crippen LogP contribution in [0, 0.1) is 5.92 Å². The van der Waals surface area contributed by atoms with Gasteiger partial charge in [0, 0.05) is 25.4 Å². The minimum atomic E-state index is 0.0111. The first-order chi connectivity index (χ1) is 8.24. The van der Waals surface area contributed by atoms with E-state index >= 15 is 0 Å². The van der Waals surface area contributed by atoms with E-state index in [0.29, 0.717) is 18.8 Å². The molecule has 4 heteroatoms. The maximum Gasteiger partial charge on any atom is 0.223 e. The molecule has 2 rings (SSSR count). The van der Waals surface area contributed by atoms with Crippen molar-refractivity contribution < 1.29 is 9.90 Å². The van der Waals surface area contributed by atoms with E-state index in [1.807, 2.05) is 29.2 Å². The summed E-state index contributed by atoms with van der Waals surface area (Å²) in [6.45, 7) is 1.31. The van der Waals surface area contributed by atoms with Gasteiger partial charge in [-0.25, -0.2) is 0 Å². The second kappa shape index (κ2) is 5.52. The van der Waals surface area contributed by atoms with Crippen molar-refractivity contribution >= 4 is 17.5 Å². The summed E-state index contributed by atoms with van der Waals surface area (Å²) in [6, 6.07) is 7.65. The topological polar surface area (TPSA) is 40.5 Å². The van der Waals surface area contributed by atoms with Gasteiger partial charge in [0.15, 0.2) is 0 Å². The Morgan fingerprint density at radius 2 is 2.06 bits per heavy atom. The van der Waals surface area contributed by atoms with Gasteiger partial charge in [0.2, 0.25) is 5.91 Å². The molecule has 0 aromatic heterocycles. The summed E-state index contributed by atoms with van der Waals surface area (Å²) in [5.74, 6) is 0.956. The normalized spacial score (nSPS) is 20.0. The molecular formula is C13H16ClNO2. The molecule has 0 saturated carbocycles. The van der Waals surface area contributed by atoms with Crippen molar-refractivity contribution in [1.29, 1.82) is 0 Å². The molecule has 1 saturated heterocycles. The van der Waals surface area contributed by atoms with Crippen LogP contribution in [0.2, 0.25) is 0 Å². The van der Waals surface area contributed by atoms with Crippen LogP contribution >= 0.6 is 11.6 Å². The molecule has 1 heterocycles. The summed E-state index contributed by atoms with van der Waals surface area (Å²) in [7, 11) is 0. The first-order valence-corrected chi connectivity index (χ1v) is 6.29. The van der Waals surface area contributed by atoms with Crippen molar-refractivity contribution in [2.75, 3.05) is 12.4 Å². The van der Waals surface area contributed by atoms with Crippen LogP contribution in [-0.4, -0.2) is 28.3 Å². The number of halogens is 1. The fraction of sp³-hybridized carbons (Fsp3) is 0.462. The van der Waals surface area contributed by atoms with E-state index in [2.05, 4.69) is 0 Å². The Bertz CT molecular complexity index is 408. The third-order valence-corrected chi connectivity index (χ3v) is 3.60. The predicted octanol–water partition coefficient (Wildman–Crippen LogP) is 1.77. The standard InChI is InChI=1S/C13H16ClNO2/c14-6-10-5-13(17)15(7-10)8-11-3-1-2-4-12(11)9-16/h1-4,10,16H,5-9H2. The molecule has 92 valence electrons. The molecular weight excluding hydrogens is 238 g/mol. The summed E-state index contributed by atoms with van der Waals surface area (Å²) in [5.41, 5.74) is 1.90. The lowest BCUT2D eigenvalue weighted by Crippen LogP contribution is -2.25. The number of carbonyl (C=O) groups is 1.